The van der Waals surface area contributed by atoms with Crippen molar-refractivity contribution >= 4 is 17.2 Å². The zero-order valence-corrected chi connectivity index (χ0v) is 16.7. The lowest BCUT2D eigenvalue weighted by molar-refractivity contribution is 0.0796. The second-order valence-electron chi connectivity index (χ2n) is 6.63. The van der Waals surface area contributed by atoms with Crippen LogP contribution in [-0.4, -0.2) is 39.6 Å². The summed E-state index contributed by atoms with van der Waals surface area (Å²) >= 11 is 1.66. The van der Waals surface area contributed by atoms with Crippen molar-refractivity contribution in [1.29, 1.82) is 0 Å². The van der Waals surface area contributed by atoms with Crippen LogP contribution in [0.2, 0.25) is 0 Å². The molecule has 0 radical (unpaired) electrons. The number of nitrogens with zero attached hydrogens (tertiary/aromatic N) is 3. The molecule has 136 valence electrons. The Bertz CT molecular complexity index is 902. The highest BCUT2D eigenvalue weighted by molar-refractivity contribution is 7.15. The number of thiazole rings is 1. The van der Waals surface area contributed by atoms with Crippen molar-refractivity contribution in [1.82, 2.24) is 20.1 Å². The van der Waals surface area contributed by atoms with E-state index in [2.05, 4.69) is 22.1 Å². The molecule has 0 spiro atoms. The predicted molar refractivity (Wildman–Crippen MR) is 106 cm³/mol. The second kappa shape index (κ2) is 7.41. The number of aryl methyl sites for hydroxylation is 4. The Morgan fingerprint density at radius 3 is 2.58 bits per heavy atom. The fourth-order valence-electron chi connectivity index (χ4n) is 2.93. The number of hydrogen-bond acceptors (Lipinski definition) is 4. The van der Waals surface area contributed by atoms with Crippen LogP contribution in [0.4, 0.5) is 0 Å². The maximum absolute atomic E-state index is 12.8. The molecule has 1 aromatic carbocycles. The van der Waals surface area contributed by atoms with Crippen molar-refractivity contribution < 1.29 is 4.79 Å². The van der Waals surface area contributed by atoms with Crippen LogP contribution >= 0.6 is 11.3 Å². The van der Waals surface area contributed by atoms with Crippen LogP contribution in [0.5, 0.6) is 0 Å². The number of benzene rings is 1. The summed E-state index contributed by atoms with van der Waals surface area (Å²) in [5.74, 6) is 0.0238. The van der Waals surface area contributed by atoms with Gasteiger partial charge in [-0.2, -0.15) is 5.10 Å². The van der Waals surface area contributed by atoms with Gasteiger partial charge in [0.1, 0.15) is 5.01 Å². The van der Waals surface area contributed by atoms with E-state index in [0.29, 0.717) is 12.1 Å². The summed E-state index contributed by atoms with van der Waals surface area (Å²) in [7, 11) is 1.84. The average Bonchev–Trinajstić information content (AvgIpc) is 3.14. The summed E-state index contributed by atoms with van der Waals surface area (Å²) in [4.78, 5) is 20.4. The maximum Gasteiger partial charge on any atom is 0.253 e. The Morgan fingerprint density at radius 2 is 1.96 bits per heavy atom. The Labute approximate surface area is 158 Å². The van der Waals surface area contributed by atoms with Gasteiger partial charge in [0.25, 0.3) is 5.91 Å². The minimum absolute atomic E-state index is 0.0238. The van der Waals surface area contributed by atoms with Gasteiger partial charge in [-0.1, -0.05) is 12.1 Å². The number of carbonyl (C=O) groups is 1. The monoisotopic (exact) mass is 368 g/mol. The Kier molecular flexibility index (Phi) is 5.23. The summed E-state index contributed by atoms with van der Waals surface area (Å²) in [5.41, 5.74) is 5.99. The SMILES string of the molecule is Cc1nc(-c2cccc(C(=O)N(C)CCc3c(C)n[nH]c3C)c2)sc1C. The number of likely N-dealkylation sites (N-methyl/N-ethyl adjacent to an activating group) is 1. The van der Waals surface area contributed by atoms with Gasteiger partial charge in [0.15, 0.2) is 0 Å². The summed E-state index contributed by atoms with van der Waals surface area (Å²) in [6, 6.07) is 7.73. The first-order valence-electron chi connectivity index (χ1n) is 8.67. The Balaban J connectivity index is 1.74. The molecule has 1 amide bonds. The molecule has 2 heterocycles. The summed E-state index contributed by atoms with van der Waals surface area (Å²) < 4.78 is 0. The molecule has 3 aromatic rings. The van der Waals surface area contributed by atoms with Gasteiger partial charge >= 0.3 is 0 Å². The third kappa shape index (κ3) is 3.70. The van der Waals surface area contributed by atoms with Crippen molar-refractivity contribution in [2.45, 2.75) is 34.1 Å². The van der Waals surface area contributed by atoms with Crippen LogP contribution in [0.25, 0.3) is 10.6 Å². The quantitative estimate of drug-likeness (QED) is 0.738. The smallest absolute Gasteiger partial charge is 0.253 e. The van der Waals surface area contributed by atoms with E-state index in [1.807, 2.05) is 52.1 Å². The van der Waals surface area contributed by atoms with Gasteiger partial charge in [0.2, 0.25) is 0 Å². The number of nitrogens with one attached hydrogen (secondary N) is 1. The van der Waals surface area contributed by atoms with Crippen LogP contribution < -0.4 is 0 Å². The van der Waals surface area contributed by atoms with E-state index in [0.717, 1.165) is 34.1 Å². The fourth-order valence-corrected chi connectivity index (χ4v) is 3.84. The molecule has 26 heavy (non-hydrogen) atoms. The molecule has 0 saturated carbocycles. The molecule has 5 nitrogen and oxygen atoms in total. The van der Waals surface area contributed by atoms with Crippen LogP contribution in [0.3, 0.4) is 0 Å². The van der Waals surface area contributed by atoms with Crippen LogP contribution in [0.1, 0.15) is 37.9 Å². The molecule has 0 aliphatic carbocycles. The number of carbonyl (C=O) groups excluding carboxylic acids is 1. The number of aromatic nitrogens is 3. The maximum atomic E-state index is 12.8. The average molecular weight is 369 g/mol. The molecule has 0 unspecified atom stereocenters. The van der Waals surface area contributed by atoms with Crippen LogP contribution in [0, 0.1) is 27.7 Å². The van der Waals surface area contributed by atoms with E-state index in [1.54, 1.807) is 16.2 Å². The molecule has 0 saturated heterocycles. The minimum atomic E-state index is 0.0238. The van der Waals surface area contributed by atoms with Crippen LogP contribution in [0.15, 0.2) is 24.3 Å². The topological polar surface area (TPSA) is 61.9 Å². The van der Waals surface area contributed by atoms with Gasteiger partial charge in [-0.25, -0.2) is 4.98 Å². The van der Waals surface area contributed by atoms with E-state index in [9.17, 15) is 4.79 Å². The number of H-pyrrole nitrogens is 1. The van der Waals surface area contributed by atoms with Gasteiger partial charge in [-0.3, -0.25) is 9.89 Å². The standard InChI is InChI=1S/C20H24N4OS/c1-12-15(4)26-19(21-12)16-7-6-8-17(11-16)20(25)24(5)10-9-18-13(2)22-23-14(18)3/h6-8,11H,9-10H2,1-5H3,(H,22,23). The largest absolute Gasteiger partial charge is 0.341 e. The second-order valence-corrected chi connectivity index (χ2v) is 7.83. The molecule has 3 rings (SSSR count). The van der Waals surface area contributed by atoms with Crippen LogP contribution in [-0.2, 0) is 6.42 Å². The summed E-state index contributed by atoms with van der Waals surface area (Å²) in [6.07, 6.45) is 0.793. The van der Waals surface area contributed by atoms with E-state index < -0.39 is 0 Å². The lowest BCUT2D eigenvalue weighted by Gasteiger charge is -2.17. The number of hydrogen-bond donors (Lipinski definition) is 1. The number of aromatic amines is 1. The highest BCUT2D eigenvalue weighted by Gasteiger charge is 2.15. The predicted octanol–water partition coefficient (Wildman–Crippen LogP) is 4.08. The highest BCUT2D eigenvalue weighted by atomic mass is 32.1. The van der Waals surface area contributed by atoms with E-state index in [1.165, 1.54) is 10.4 Å². The van der Waals surface area contributed by atoms with E-state index in [-0.39, 0.29) is 5.91 Å². The zero-order valence-electron chi connectivity index (χ0n) is 15.9. The normalized spacial score (nSPS) is 11.0. The first-order chi connectivity index (χ1) is 12.4. The zero-order chi connectivity index (χ0) is 18.8. The summed E-state index contributed by atoms with van der Waals surface area (Å²) in [5, 5.41) is 8.17. The van der Waals surface area contributed by atoms with Crippen molar-refractivity contribution in [3.05, 3.63) is 57.4 Å². The molecule has 0 fully saturated rings. The molecule has 1 N–H and O–H groups in total. The third-order valence-corrected chi connectivity index (χ3v) is 5.83. The molecular weight excluding hydrogens is 344 g/mol. The molecule has 6 heteroatoms. The van der Waals surface area contributed by atoms with Crippen molar-refractivity contribution in [2.24, 2.45) is 0 Å². The van der Waals surface area contributed by atoms with Gasteiger partial charge in [-0.15, -0.1) is 11.3 Å². The minimum Gasteiger partial charge on any atom is -0.341 e. The molecule has 0 aliphatic rings. The van der Waals surface area contributed by atoms with Gasteiger partial charge in [-0.05, 0) is 51.8 Å². The number of amides is 1. The lowest BCUT2D eigenvalue weighted by atomic mass is 10.1. The number of rotatable bonds is 5. The molecule has 0 aliphatic heterocycles. The van der Waals surface area contributed by atoms with Crippen molar-refractivity contribution in [3.8, 4) is 10.6 Å². The van der Waals surface area contributed by atoms with E-state index in [4.69, 9.17) is 0 Å². The summed E-state index contributed by atoms with van der Waals surface area (Å²) in [6.45, 7) is 8.73. The fraction of sp³-hybridized carbons (Fsp3) is 0.350. The van der Waals surface area contributed by atoms with Gasteiger partial charge < -0.3 is 4.90 Å². The van der Waals surface area contributed by atoms with E-state index >= 15 is 0 Å². The Morgan fingerprint density at radius 1 is 1.19 bits per heavy atom. The van der Waals surface area contributed by atoms with Crippen molar-refractivity contribution in [3.63, 3.8) is 0 Å². The first-order valence-corrected chi connectivity index (χ1v) is 9.49. The lowest BCUT2D eigenvalue weighted by Crippen LogP contribution is -2.29. The Hall–Kier alpha value is -2.47. The van der Waals surface area contributed by atoms with Gasteiger partial charge in [0.05, 0.1) is 11.4 Å². The van der Waals surface area contributed by atoms with Crippen molar-refractivity contribution in [2.75, 3.05) is 13.6 Å². The molecule has 2 aromatic heterocycles. The highest BCUT2D eigenvalue weighted by Crippen LogP contribution is 2.28. The molecule has 0 bridgehead atoms. The molecule has 0 atom stereocenters. The van der Waals surface area contributed by atoms with Gasteiger partial charge in [0, 0.05) is 35.3 Å². The third-order valence-electron chi connectivity index (χ3n) is 4.71. The molecular formula is C20H24N4OS. The first kappa shape index (κ1) is 18.3.